The molecule has 0 bridgehead atoms. The molecule has 0 aromatic heterocycles. The van der Waals surface area contributed by atoms with E-state index in [1.807, 2.05) is 0 Å². The van der Waals surface area contributed by atoms with Gasteiger partial charge in [0.25, 0.3) is 17.1 Å². The maximum Gasteiger partial charge on any atom is 0.283 e. The second-order valence-corrected chi connectivity index (χ2v) is 6.77. The number of nitro groups is 3. The van der Waals surface area contributed by atoms with Gasteiger partial charge in [0.2, 0.25) is 0 Å². The summed E-state index contributed by atoms with van der Waals surface area (Å²) >= 11 is 0. The van der Waals surface area contributed by atoms with E-state index in [9.17, 15) is 30.3 Å². The van der Waals surface area contributed by atoms with E-state index >= 15 is 0 Å². The van der Waals surface area contributed by atoms with Crippen LogP contribution in [0.15, 0.2) is 91.0 Å². The Hall–Kier alpha value is -4.66. The molecule has 3 aromatic carbocycles. The van der Waals surface area contributed by atoms with Gasteiger partial charge >= 0.3 is 0 Å². The summed E-state index contributed by atoms with van der Waals surface area (Å²) in [6.07, 6.45) is 5.50. The largest absolute Gasteiger partial charge is 0.283 e. The van der Waals surface area contributed by atoms with Gasteiger partial charge in [-0.3, -0.25) is 30.3 Å². The molecule has 0 unspecified atom stereocenters. The Bertz CT molecular complexity index is 1090. The van der Waals surface area contributed by atoms with Gasteiger partial charge in [-0.25, -0.2) is 0 Å². The molecule has 4 rings (SSSR count). The van der Waals surface area contributed by atoms with E-state index < -0.39 is 31.8 Å². The Morgan fingerprint density at radius 3 is 1.12 bits per heavy atom. The molecular weight excluding hydrogens is 414 g/mol. The first-order chi connectivity index (χ1) is 15.3. The Labute approximate surface area is 182 Å². The molecule has 1 aliphatic carbocycles. The van der Waals surface area contributed by atoms with Gasteiger partial charge in [-0.05, 0) is 28.7 Å². The van der Waals surface area contributed by atoms with Gasteiger partial charge in [0.15, 0.2) is 0 Å². The Balaban J connectivity index is 0.000000183. The molecule has 0 aliphatic heterocycles. The maximum atomic E-state index is 10.3. The molecule has 0 heterocycles. The lowest BCUT2D eigenvalue weighted by Crippen LogP contribution is -1.96. The predicted octanol–water partition coefficient (Wildman–Crippen LogP) is 5.97. The Kier molecular flexibility index (Phi) is 6.81. The van der Waals surface area contributed by atoms with Crippen molar-refractivity contribution in [2.45, 2.75) is 6.42 Å². The van der Waals surface area contributed by atoms with Crippen molar-refractivity contribution in [1.82, 2.24) is 0 Å². The molecule has 3 aromatic rings. The number of nitro benzene ring substituents is 3. The van der Waals surface area contributed by atoms with Crippen LogP contribution in [0.1, 0.15) is 17.5 Å². The number of rotatable bonds is 5. The molecule has 0 spiro atoms. The molecule has 9 heteroatoms. The highest BCUT2D eigenvalue weighted by molar-refractivity contribution is 5.86. The topological polar surface area (TPSA) is 129 Å². The van der Waals surface area contributed by atoms with Gasteiger partial charge in [-0.1, -0.05) is 72.8 Å². The van der Waals surface area contributed by atoms with Crippen LogP contribution in [0, 0.1) is 30.3 Å². The number of non-ortho nitro benzene ring substituents is 3. The van der Waals surface area contributed by atoms with Gasteiger partial charge in [-0.15, -0.1) is 0 Å². The lowest BCUT2D eigenvalue weighted by Gasteiger charge is -2.05. The van der Waals surface area contributed by atoms with Crippen LogP contribution in [0.5, 0.6) is 0 Å². The smallest absolute Gasteiger partial charge is 0.258 e. The molecule has 0 atom stereocenters. The maximum absolute atomic E-state index is 10.3. The van der Waals surface area contributed by atoms with Crippen LogP contribution in [0.2, 0.25) is 0 Å². The third-order valence-electron chi connectivity index (χ3n) is 4.68. The van der Waals surface area contributed by atoms with E-state index in [2.05, 4.69) is 72.8 Å². The van der Waals surface area contributed by atoms with Crippen LogP contribution in [-0.2, 0) is 0 Å². The van der Waals surface area contributed by atoms with E-state index in [1.54, 1.807) is 0 Å². The zero-order chi connectivity index (χ0) is 23.1. The highest BCUT2D eigenvalue weighted by atomic mass is 16.6. The lowest BCUT2D eigenvalue weighted by atomic mass is 9.99. The van der Waals surface area contributed by atoms with E-state index in [4.69, 9.17) is 0 Å². The molecule has 0 fully saturated rings. The van der Waals surface area contributed by atoms with Gasteiger partial charge < -0.3 is 0 Å². The van der Waals surface area contributed by atoms with Crippen LogP contribution in [0.3, 0.4) is 0 Å². The van der Waals surface area contributed by atoms with Crippen LogP contribution in [0.25, 0.3) is 11.1 Å². The second-order valence-electron chi connectivity index (χ2n) is 6.77. The summed E-state index contributed by atoms with van der Waals surface area (Å²) in [4.78, 5) is 28.1. The number of hydrogen-bond acceptors (Lipinski definition) is 6. The summed E-state index contributed by atoms with van der Waals surface area (Å²) in [5, 5.41) is 30.9. The Morgan fingerprint density at radius 2 is 0.844 bits per heavy atom. The first-order valence-electron chi connectivity index (χ1n) is 9.44. The molecule has 9 nitrogen and oxygen atoms in total. The van der Waals surface area contributed by atoms with E-state index in [-0.39, 0.29) is 0 Å². The van der Waals surface area contributed by atoms with Crippen molar-refractivity contribution in [3.05, 3.63) is 132 Å². The second kappa shape index (κ2) is 9.90. The van der Waals surface area contributed by atoms with Crippen LogP contribution in [0.4, 0.5) is 17.1 Å². The van der Waals surface area contributed by atoms with Crippen molar-refractivity contribution >= 4 is 28.2 Å². The summed E-state index contributed by atoms with van der Waals surface area (Å²) in [6.45, 7) is 0. The summed E-state index contributed by atoms with van der Waals surface area (Å²) in [7, 11) is 0. The summed E-state index contributed by atoms with van der Waals surface area (Å²) in [5.74, 6) is 0. The fraction of sp³-hybridized carbons (Fsp3) is 0.0435. The zero-order valence-corrected chi connectivity index (χ0v) is 16.7. The molecule has 0 N–H and O–H groups in total. The molecule has 0 amide bonds. The average molecular weight is 431 g/mol. The fourth-order valence-electron chi connectivity index (χ4n) is 3.12. The van der Waals surface area contributed by atoms with Gasteiger partial charge in [0, 0.05) is 0 Å². The van der Waals surface area contributed by atoms with E-state index in [0.29, 0.717) is 18.2 Å². The number of allylic oxidation sites excluding steroid dienone is 4. The number of nitrogens with zero attached hydrogens (tertiary/aromatic N) is 3. The minimum absolute atomic E-state index is 0.660. The zero-order valence-electron chi connectivity index (χ0n) is 16.7. The first kappa shape index (κ1) is 22.0. The van der Waals surface area contributed by atoms with Crippen molar-refractivity contribution in [3.63, 3.8) is 0 Å². The lowest BCUT2D eigenvalue weighted by molar-refractivity contribution is -0.403. The molecule has 1 aliphatic rings. The summed E-state index contributed by atoms with van der Waals surface area (Å²) < 4.78 is 0. The van der Waals surface area contributed by atoms with Crippen molar-refractivity contribution in [2.24, 2.45) is 0 Å². The molecule has 32 heavy (non-hydrogen) atoms. The predicted molar refractivity (Wildman–Crippen MR) is 120 cm³/mol. The van der Waals surface area contributed by atoms with Gasteiger partial charge in [0.05, 0.1) is 33.0 Å². The third-order valence-corrected chi connectivity index (χ3v) is 4.68. The minimum Gasteiger partial charge on any atom is -0.258 e. The molecule has 0 radical (unpaired) electrons. The average Bonchev–Trinajstić information content (AvgIpc) is 3.31. The van der Waals surface area contributed by atoms with Crippen molar-refractivity contribution in [1.29, 1.82) is 0 Å². The quantitative estimate of drug-likeness (QED) is 0.361. The molecule has 0 saturated heterocycles. The minimum atomic E-state index is -0.931. The first-order valence-corrected chi connectivity index (χ1v) is 9.44. The molecular formula is C23H17N3O6. The molecule has 160 valence electrons. The van der Waals surface area contributed by atoms with Gasteiger partial charge in [0.1, 0.15) is 0 Å². The normalized spacial score (nSPS) is 12.1. The van der Waals surface area contributed by atoms with Crippen LogP contribution >= 0.6 is 0 Å². The van der Waals surface area contributed by atoms with Crippen LogP contribution < -0.4 is 0 Å². The fourth-order valence-corrected chi connectivity index (χ4v) is 3.12. The van der Waals surface area contributed by atoms with Gasteiger partial charge in [-0.2, -0.15) is 0 Å². The van der Waals surface area contributed by atoms with Crippen molar-refractivity contribution in [2.75, 3.05) is 0 Å². The molecule has 0 saturated carbocycles. The number of benzene rings is 3. The Morgan fingerprint density at radius 1 is 0.531 bits per heavy atom. The SMILES string of the molecule is C1=C(c2ccccc2)CC(c2ccccc2)=C1.O=[N+]([O-])c1cc([N+](=O)[O-])cc([N+](=O)[O-])c1. The van der Waals surface area contributed by atoms with Crippen molar-refractivity contribution in [3.8, 4) is 0 Å². The van der Waals surface area contributed by atoms with Crippen LogP contribution in [-0.4, -0.2) is 14.8 Å². The summed E-state index contributed by atoms with van der Waals surface area (Å²) in [6, 6.07) is 23.2. The van der Waals surface area contributed by atoms with Crippen molar-refractivity contribution < 1.29 is 14.8 Å². The standard InChI is InChI=1S/C17H14.C6H3N3O6/c1-3-7-14(8-4-1)16-11-12-17(13-16)15-9-5-2-6-10-15;10-7(11)4-1-5(8(12)13)3-6(2-4)9(14)15/h1-12H,13H2;1-3H. The number of hydrogen-bond donors (Lipinski definition) is 0. The van der Waals surface area contributed by atoms with E-state index in [1.165, 1.54) is 22.3 Å². The summed E-state index contributed by atoms with van der Waals surface area (Å²) in [5.41, 5.74) is 3.42. The van der Waals surface area contributed by atoms with E-state index in [0.717, 1.165) is 6.42 Å². The monoisotopic (exact) mass is 431 g/mol. The highest BCUT2D eigenvalue weighted by Crippen LogP contribution is 2.33. The highest BCUT2D eigenvalue weighted by Gasteiger charge is 2.21. The third kappa shape index (κ3) is 5.48.